The van der Waals surface area contributed by atoms with E-state index in [4.69, 9.17) is 11.6 Å². The highest BCUT2D eigenvalue weighted by Crippen LogP contribution is 2.39. The van der Waals surface area contributed by atoms with Gasteiger partial charge in [-0.25, -0.2) is 0 Å². The van der Waals surface area contributed by atoms with Crippen LogP contribution in [0.3, 0.4) is 0 Å². The number of hydrogen-bond donors (Lipinski definition) is 0. The Hall–Kier alpha value is 0.170. The van der Waals surface area contributed by atoms with Crippen LogP contribution in [0.25, 0.3) is 0 Å². The van der Waals surface area contributed by atoms with Gasteiger partial charge < -0.3 is 0 Å². The lowest BCUT2D eigenvalue weighted by molar-refractivity contribution is 0.965. The van der Waals surface area contributed by atoms with Crippen molar-refractivity contribution in [2.45, 2.75) is 25.1 Å². The second-order valence-electron chi connectivity index (χ2n) is 4.36. The average molecular weight is 409 g/mol. The molecule has 0 amide bonds. The van der Waals surface area contributed by atoms with Crippen LogP contribution >= 0.6 is 54.8 Å². The molecule has 4 heteroatoms. The highest BCUT2D eigenvalue weighted by molar-refractivity contribution is 9.11. The molecule has 18 heavy (non-hydrogen) atoms. The molecule has 0 saturated heterocycles. The van der Waals surface area contributed by atoms with Crippen LogP contribution < -0.4 is 0 Å². The molecular weight excluding hydrogens is 395 g/mol. The van der Waals surface area contributed by atoms with E-state index in [1.165, 1.54) is 21.6 Å². The van der Waals surface area contributed by atoms with E-state index in [1.807, 2.05) is 6.07 Å². The van der Waals surface area contributed by atoms with Crippen LogP contribution in [0.5, 0.6) is 0 Å². The summed E-state index contributed by atoms with van der Waals surface area (Å²) in [5.41, 5.74) is 4.03. The summed E-state index contributed by atoms with van der Waals surface area (Å²) in [7, 11) is 0. The number of rotatable bonds is 3. The Kier molecular flexibility index (Phi) is 4.92. The van der Waals surface area contributed by atoms with E-state index in [0.29, 0.717) is 4.83 Å². The summed E-state index contributed by atoms with van der Waals surface area (Å²) in [5.74, 6) is 0. The molecule has 0 spiro atoms. The van der Waals surface area contributed by atoms with Gasteiger partial charge in [0.15, 0.2) is 0 Å². The van der Waals surface area contributed by atoms with Crippen LogP contribution in [0.1, 0.15) is 26.4 Å². The van der Waals surface area contributed by atoms with Gasteiger partial charge in [0.25, 0.3) is 0 Å². The maximum absolute atomic E-state index is 6.07. The Morgan fingerprint density at radius 2 is 1.94 bits per heavy atom. The molecule has 96 valence electrons. The SMILES string of the molecule is Cc1ccc(CC(Br)c2cc(Cl)c(Br)s2)cc1C. The second-order valence-corrected chi connectivity index (χ2v) is 8.27. The van der Waals surface area contributed by atoms with Crippen LogP contribution in [0, 0.1) is 13.8 Å². The van der Waals surface area contributed by atoms with E-state index in [9.17, 15) is 0 Å². The normalized spacial score (nSPS) is 12.7. The third-order valence-electron chi connectivity index (χ3n) is 2.96. The molecule has 2 rings (SSSR count). The lowest BCUT2D eigenvalue weighted by Crippen LogP contribution is -1.94. The number of benzene rings is 1. The topological polar surface area (TPSA) is 0 Å². The van der Waals surface area contributed by atoms with Crippen molar-refractivity contribution in [1.29, 1.82) is 0 Å². The van der Waals surface area contributed by atoms with E-state index in [1.54, 1.807) is 11.3 Å². The first kappa shape index (κ1) is 14.6. The fourth-order valence-corrected chi connectivity index (χ4v) is 4.27. The van der Waals surface area contributed by atoms with E-state index in [0.717, 1.165) is 15.2 Å². The van der Waals surface area contributed by atoms with Gasteiger partial charge in [-0.15, -0.1) is 11.3 Å². The molecule has 0 saturated carbocycles. The van der Waals surface area contributed by atoms with Crippen LogP contribution in [-0.4, -0.2) is 0 Å². The standard InChI is InChI=1S/C14H13Br2ClS/c1-8-3-4-10(5-9(8)2)6-11(15)13-7-12(17)14(16)18-13/h3-5,7,11H,6H2,1-2H3. The van der Waals surface area contributed by atoms with E-state index in [2.05, 4.69) is 63.9 Å². The molecule has 0 nitrogen and oxygen atoms in total. The molecule has 1 heterocycles. The summed E-state index contributed by atoms with van der Waals surface area (Å²) < 4.78 is 1.00. The molecule has 1 aromatic heterocycles. The van der Waals surface area contributed by atoms with E-state index < -0.39 is 0 Å². The molecule has 2 aromatic rings. The monoisotopic (exact) mass is 406 g/mol. The predicted molar refractivity (Wildman–Crippen MR) is 88.3 cm³/mol. The van der Waals surface area contributed by atoms with Crippen molar-refractivity contribution < 1.29 is 0 Å². The van der Waals surface area contributed by atoms with Gasteiger partial charge in [-0.05, 0) is 59.0 Å². The lowest BCUT2D eigenvalue weighted by Gasteiger charge is -2.09. The summed E-state index contributed by atoms with van der Waals surface area (Å²) in [5, 5.41) is 0.791. The van der Waals surface area contributed by atoms with Gasteiger partial charge in [0.05, 0.1) is 13.6 Å². The zero-order valence-corrected chi connectivity index (χ0v) is 14.9. The fraction of sp³-hybridized carbons (Fsp3) is 0.286. The molecule has 0 aliphatic carbocycles. The first-order valence-corrected chi connectivity index (χ1v) is 8.52. The summed E-state index contributed by atoms with van der Waals surface area (Å²) in [4.78, 5) is 1.57. The predicted octanol–water partition coefficient (Wildman–Crippen LogP) is 6.46. The van der Waals surface area contributed by atoms with Crippen molar-refractivity contribution in [1.82, 2.24) is 0 Å². The maximum atomic E-state index is 6.07. The Morgan fingerprint density at radius 1 is 1.22 bits per heavy atom. The zero-order valence-electron chi connectivity index (χ0n) is 10.1. The lowest BCUT2D eigenvalue weighted by atomic mass is 10.0. The molecule has 1 unspecified atom stereocenters. The first-order valence-electron chi connectivity index (χ1n) is 5.62. The Balaban J connectivity index is 2.15. The van der Waals surface area contributed by atoms with Gasteiger partial charge in [-0.3, -0.25) is 0 Å². The van der Waals surface area contributed by atoms with Crippen LogP contribution in [0.2, 0.25) is 5.02 Å². The fourth-order valence-electron chi connectivity index (χ4n) is 1.76. The highest BCUT2D eigenvalue weighted by atomic mass is 79.9. The minimum atomic E-state index is 0.313. The van der Waals surface area contributed by atoms with Crippen molar-refractivity contribution in [3.8, 4) is 0 Å². The quantitative estimate of drug-likeness (QED) is 0.511. The maximum Gasteiger partial charge on any atom is 0.0887 e. The van der Waals surface area contributed by atoms with Gasteiger partial charge >= 0.3 is 0 Å². The van der Waals surface area contributed by atoms with Crippen LogP contribution in [0.4, 0.5) is 0 Å². The molecule has 0 N–H and O–H groups in total. The number of hydrogen-bond acceptors (Lipinski definition) is 1. The Labute approximate surface area is 134 Å². The van der Waals surface area contributed by atoms with Crippen molar-refractivity contribution >= 4 is 54.8 Å². The highest BCUT2D eigenvalue weighted by Gasteiger charge is 2.14. The van der Waals surface area contributed by atoms with Gasteiger partial charge in [-0.1, -0.05) is 45.7 Å². The largest absolute Gasteiger partial charge is 0.130 e. The van der Waals surface area contributed by atoms with Gasteiger partial charge in [0.2, 0.25) is 0 Å². The van der Waals surface area contributed by atoms with E-state index in [-0.39, 0.29) is 0 Å². The molecule has 0 aliphatic heterocycles. The Morgan fingerprint density at radius 3 is 2.50 bits per heavy atom. The molecular formula is C14H13Br2ClS. The summed E-state index contributed by atoms with van der Waals surface area (Å²) >= 11 is 15.0. The minimum Gasteiger partial charge on any atom is -0.130 e. The number of alkyl halides is 1. The number of halogens is 3. The molecule has 1 atom stereocenters. The summed E-state index contributed by atoms with van der Waals surface area (Å²) in [6, 6.07) is 8.66. The van der Waals surface area contributed by atoms with Crippen molar-refractivity contribution in [2.75, 3.05) is 0 Å². The van der Waals surface area contributed by atoms with Gasteiger partial charge in [0.1, 0.15) is 0 Å². The second kappa shape index (κ2) is 6.08. The average Bonchev–Trinajstić information content (AvgIpc) is 2.65. The van der Waals surface area contributed by atoms with Crippen LogP contribution in [-0.2, 0) is 6.42 Å². The molecule has 0 radical (unpaired) electrons. The van der Waals surface area contributed by atoms with Gasteiger partial charge in [-0.2, -0.15) is 0 Å². The first-order chi connectivity index (χ1) is 8.47. The molecule has 1 aromatic carbocycles. The van der Waals surface area contributed by atoms with Gasteiger partial charge in [0, 0.05) is 4.88 Å². The minimum absolute atomic E-state index is 0.313. The molecule has 0 aliphatic rings. The molecule has 0 fully saturated rings. The molecule has 0 bridgehead atoms. The third kappa shape index (κ3) is 3.38. The summed E-state index contributed by atoms with van der Waals surface area (Å²) in [6.45, 7) is 4.29. The number of aryl methyl sites for hydroxylation is 2. The third-order valence-corrected chi connectivity index (χ3v) is 6.67. The zero-order chi connectivity index (χ0) is 13.3. The van der Waals surface area contributed by atoms with Crippen molar-refractivity contribution in [2.24, 2.45) is 0 Å². The number of thiophene rings is 1. The summed E-state index contributed by atoms with van der Waals surface area (Å²) in [6.07, 6.45) is 0.977. The van der Waals surface area contributed by atoms with Crippen LogP contribution in [0.15, 0.2) is 28.1 Å². The smallest absolute Gasteiger partial charge is 0.0887 e. The van der Waals surface area contributed by atoms with Crippen molar-refractivity contribution in [3.63, 3.8) is 0 Å². The van der Waals surface area contributed by atoms with Crippen molar-refractivity contribution in [3.05, 3.63) is 54.6 Å². The van der Waals surface area contributed by atoms with E-state index >= 15 is 0 Å². The Bertz CT molecular complexity index is 543.